The van der Waals surface area contributed by atoms with Gasteiger partial charge in [0.05, 0.1) is 12.3 Å². The largest absolute Gasteiger partial charge is 0.492 e. The Balaban J connectivity index is 1.62. The summed E-state index contributed by atoms with van der Waals surface area (Å²) in [4.78, 5) is 13.4. The minimum absolute atomic E-state index is 0.114. The average molecular weight is 423 g/mol. The molecule has 1 atom stereocenters. The van der Waals surface area contributed by atoms with Crippen molar-refractivity contribution >= 4 is 23.4 Å². The van der Waals surface area contributed by atoms with Crippen molar-refractivity contribution in [2.24, 2.45) is 0 Å². The van der Waals surface area contributed by atoms with Gasteiger partial charge in [0.2, 0.25) is 5.91 Å². The number of aromatic nitrogens is 3. The summed E-state index contributed by atoms with van der Waals surface area (Å²) in [6, 6.07) is 17.3. The lowest BCUT2D eigenvalue weighted by Gasteiger charge is -2.18. The third-order valence-corrected chi connectivity index (χ3v) is 6.25. The molecule has 1 aliphatic carbocycles. The number of amides is 1. The number of carbonyl (C=O) groups excluding carboxylic acids is 1. The number of para-hydroxylation sites is 2. The molecule has 156 valence electrons. The van der Waals surface area contributed by atoms with Gasteiger partial charge in [0.25, 0.3) is 0 Å². The highest BCUT2D eigenvalue weighted by atomic mass is 32.2. The van der Waals surface area contributed by atoms with Crippen molar-refractivity contribution in [2.45, 2.75) is 49.6 Å². The van der Waals surface area contributed by atoms with E-state index in [2.05, 4.69) is 27.0 Å². The van der Waals surface area contributed by atoms with Gasteiger partial charge in [0, 0.05) is 12.5 Å². The zero-order valence-corrected chi connectivity index (χ0v) is 18.1. The number of hydrogen-bond acceptors (Lipinski definition) is 5. The second-order valence-corrected chi connectivity index (χ2v) is 8.26. The van der Waals surface area contributed by atoms with Crippen LogP contribution in [-0.2, 0) is 11.3 Å². The fourth-order valence-electron chi connectivity index (χ4n) is 3.38. The Morgan fingerprint density at radius 3 is 2.57 bits per heavy atom. The third-order valence-electron chi connectivity index (χ3n) is 5.01. The molecule has 0 aliphatic heterocycles. The Morgan fingerprint density at radius 1 is 1.13 bits per heavy atom. The van der Waals surface area contributed by atoms with E-state index in [-0.39, 0.29) is 5.91 Å². The lowest BCUT2D eigenvalue weighted by Crippen LogP contribution is -2.20. The Bertz CT molecular complexity index is 1000. The maximum atomic E-state index is 13.4. The van der Waals surface area contributed by atoms with Crippen LogP contribution >= 0.6 is 11.8 Å². The SMILES string of the molecule is CCOc1ccccc1NC(=O)C(Sc1nnc(C2CC2)n1CC)c1ccccc1. The molecule has 1 unspecified atom stereocenters. The molecule has 1 saturated carbocycles. The topological polar surface area (TPSA) is 69.0 Å². The van der Waals surface area contributed by atoms with Gasteiger partial charge in [-0.05, 0) is 44.4 Å². The van der Waals surface area contributed by atoms with E-state index < -0.39 is 5.25 Å². The van der Waals surface area contributed by atoms with E-state index in [0.717, 1.165) is 23.1 Å². The number of thioether (sulfide) groups is 1. The van der Waals surface area contributed by atoms with E-state index in [1.54, 1.807) is 0 Å². The summed E-state index contributed by atoms with van der Waals surface area (Å²) in [6.45, 7) is 5.34. The molecule has 0 saturated heterocycles. The summed E-state index contributed by atoms with van der Waals surface area (Å²) < 4.78 is 7.81. The molecule has 0 radical (unpaired) electrons. The molecular formula is C23H26N4O2S. The summed E-state index contributed by atoms with van der Waals surface area (Å²) in [5.74, 6) is 2.10. The number of hydrogen-bond donors (Lipinski definition) is 1. The molecule has 1 N–H and O–H groups in total. The Morgan fingerprint density at radius 2 is 1.87 bits per heavy atom. The van der Waals surface area contributed by atoms with Crippen LogP contribution in [0.2, 0.25) is 0 Å². The van der Waals surface area contributed by atoms with Crippen LogP contribution in [0.4, 0.5) is 5.69 Å². The quantitative estimate of drug-likeness (QED) is 0.489. The number of ether oxygens (including phenoxy) is 1. The standard InChI is InChI=1S/C23H26N4O2S/c1-3-27-21(17-14-15-17)25-26-23(27)30-20(16-10-6-5-7-11-16)22(28)24-18-12-8-9-13-19(18)29-4-2/h5-13,17,20H,3-4,14-15H2,1-2H3,(H,24,28). The van der Waals surface area contributed by atoms with Gasteiger partial charge in [-0.2, -0.15) is 0 Å². The van der Waals surface area contributed by atoms with Crippen molar-refractivity contribution in [3.63, 3.8) is 0 Å². The maximum Gasteiger partial charge on any atom is 0.242 e. The number of nitrogens with one attached hydrogen (secondary N) is 1. The van der Waals surface area contributed by atoms with Gasteiger partial charge >= 0.3 is 0 Å². The van der Waals surface area contributed by atoms with Gasteiger partial charge in [-0.1, -0.05) is 54.2 Å². The van der Waals surface area contributed by atoms with E-state index in [4.69, 9.17) is 4.74 Å². The van der Waals surface area contributed by atoms with Crippen molar-refractivity contribution < 1.29 is 9.53 Å². The van der Waals surface area contributed by atoms with Gasteiger partial charge in [0.15, 0.2) is 5.16 Å². The first-order valence-corrected chi connectivity index (χ1v) is 11.3. The first-order chi connectivity index (χ1) is 14.7. The fraction of sp³-hybridized carbons (Fsp3) is 0.348. The summed E-state index contributed by atoms with van der Waals surface area (Å²) >= 11 is 1.44. The molecule has 1 amide bonds. The summed E-state index contributed by atoms with van der Waals surface area (Å²) in [6.07, 6.45) is 2.33. The molecule has 1 heterocycles. The van der Waals surface area contributed by atoms with Gasteiger partial charge in [-0.15, -0.1) is 10.2 Å². The normalized spacial score (nSPS) is 14.3. The van der Waals surface area contributed by atoms with E-state index in [9.17, 15) is 4.79 Å². The number of benzene rings is 2. The second kappa shape index (κ2) is 9.34. The monoisotopic (exact) mass is 422 g/mol. The molecule has 0 spiro atoms. The predicted octanol–water partition coefficient (Wildman–Crippen LogP) is 5.05. The van der Waals surface area contributed by atoms with E-state index >= 15 is 0 Å². The first kappa shape index (κ1) is 20.5. The summed E-state index contributed by atoms with van der Waals surface area (Å²) in [7, 11) is 0. The Labute approximate surface area is 181 Å². The molecule has 2 aromatic carbocycles. The molecule has 3 aromatic rings. The second-order valence-electron chi connectivity index (χ2n) is 7.19. The van der Waals surface area contributed by atoms with Crippen LogP contribution in [-0.4, -0.2) is 27.3 Å². The summed E-state index contributed by atoms with van der Waals surface area (Å²) in [5, 5.41) is 12.2. The van der Waals surface area contributed by atoms with E-state index in [1.807, 2.05) is 61.5 Å². The van der Waals surface area contributed by atoms with Crippen LogP contribution in [0.3, 0.4) is 0 Å². The molecule has 1 fully saturated rings. The Kier molecular flexibility index (Phi) is 6.38. The van der Waals surface area contributed by atoms with Crippen LogP contribution in [0.5, 0.6) is 5.75 Å². The van der Waals surface area contributed by atoms with Gasteiger partial charge in [-0.25, -0.2) is 0 Å². The smallest absolute Gasteiger partial charge is 0.242 e. The Hall–Kier alpha value is -2.80. The van der Waals surface area contributed by atoms with Crippen LogP contribution in [0.1, 0.15) is 49.2 Å². The van der Waals surface area contributed by atoms with Crippen molar-refractivity contribution in [2.75, 3.05) is 11.9 Å². The van der Waals surface area contributed by atoms with Crippen molar-refractivity contribution in [1.82, 2.24) is 14.8 Å². The summed E-state index contributed by atoms with van der Waals surface area (Å²) in [5.41, 5.74) is 1.59. The van der Waals surface area contributed by atoms with Crippen LogP contribution in [0, 0.1) is 0 Å². The predicted molar refractivity (Wildman–Crippen MR) is 119 cm³/mol. The molecular weight excluding hydrogens is 396 g/mol. The molecule has 30 heavy (non-hydrogen) atoms. The number of anilines is 1. The molecule has 1 aliphatic rings. The number of rotatable bonds is 9. The van der Waals surface area contributed by atoms with Crippen LogP contribution in [0.25, 0.3) is 0 Å². The van der Waals surface area contributed by atoms with Gasteiger partial charge < -0.3 is 14.6 Å². The molecule has 7 heteroatoms. The minimum Gasteiger partial charge on any atom is -0.492 e. The van der Waals surface area contributed by atoms with Crippen molar-refractivity contribution in [1.29, 1.82) is 0 Å². The number of carbonyl (C=O) groups is 1. The highest BCUT2D eigenvalue weighted by molar-refractivity contribution is 8.00. The number of nitrogens with zero attached hydrogens (tertiary/aromatic N) is 3. The minimum atomic E-state index is -0.456. The molecule has 4 rings (SSSR count). The lowest BCUT2D eigenvalue weighted by atomic mass is 10.1. The fourth-order valence-corrected chi connectivity index (χ4v) is 4.49. The highest BCUT2D eigenvalue weighted by Gasteiger charge is 2.32. The van der Waals surface area contributed by atoms with E-state index in [1.165, 1.54) is 24.6 Å². The van der Waals surface area contributed by atoms with Crippen molar-refractivity contribution in [3.05, 3.63) is 66.0 Å². The zero-order chi connectivity index (χ0) is 20.9. The van der Waals surface area contributed by atoms with Gasteiger partial charge in [-0.3, -0.25) is 4.79 Å². The van der Waals surface area contributed by atoms with Gasteiger partial charge in [0.1, 0.15) is 16.8 Å². The molecule has 0 bridgehead atoms. The third kappa shape index (κ3) is 4.51. The molecule has 6 nitrogen and oxygen atoms in total. The zero-order valence-electron chi connectivity index (χ0n) is 17.2. The molecule has 1 aromatic heterocycles. The highest BCUT2D eigenvalue weighted by Crippen LogP contribution is 2.42. The van der Waals surface area contributed by atoms with E-state index in [0.29, 0.717) is 24.0 Å². The maximum absolute atomic E-state index is 13.4. The van der Waals surface area contributed by atoms with Crippen LogP contribution in [0.15, 0.2) is 59.8 Å². The first-order valence-electron chi connectivity index (χ1n) is 10.4. The average Bonchev–Trinajstić information content (AvgIpc) is 3.54. The van der Waals surface area contributed by atoms with Crippen molar-refractivity contribution in [3.8, 4) is 5.75 Å². The lowest BCUT2D eigenvalue weighted by molar-refractivity contribution is -0.115. The van der Waals surface area contributed by atoms with Crippen LogP contribution < -0.4 is 10.1 Å².